The van der Waals surface area contributed by atoms with Gasteiger partial charge in [0.25, 0.3) is 5.91 Å². The number of pyridine rings is 1. The topological polar surface area (TPSA) is 76.9 Å². The van der Waals surface area contributed by atoms with Crippen LogP contribution in [0.1, 0.15) is 35.6 Å². The van der Waals surface area contributed by atoms with E-state index < -0.39 is 5.54 Å². The maximum absolute atomic E-state index is 13.1. The maximum atomic E-state index is 13.1. The molecule has 7 heteroatoms. The Bertz CT molecular complexity index is 1030. The molecule has 0 radical (unpaired) electrons. The smallest absolute Gasteiger partial charge is 0.255 e. The van der Waals surface area contributed by atoms with Crippen LogP contribution < -0.4 is 20.1 Å². The average Bonchev–Trinajstić information content (AvgIpc) is 2.99. The van der Waals surface area contributed by atoms with Crippen LogP contribution in [-0.2, 0) is 12.1 Å². The second kappa shape index (κ2) is 7.16. The van der Waals surface area contributed by atoms with Gasteiger partial charge in [0.1, 0.15) is 29.4 Å². The van der Waals surface area contributed by atoms with E-state index in [1.807, 2.05) is 48.7 Å². The molecule has 2 N–H and O–H groups in total. The van der Waals surface area contributed by atoms with Crippen molar-refractivity contribution in [2.75, 3.05) is 20.3 Å². The molecule has 4 rings (SSSR count). The molecule has 0 fully saturated rings. The summed E-state index contributed by atoms with van der Waals surface area (Å²) in [4.78, 5) is 17.7. The molecule has 0 bridgehead atoms. The van der Waals surface area contributed by atoms with Crippen LogP contribution in [0.15, 0.2) is 42.7 Å². The highest BCUT2D eigenvalue weighted by molar-refractivity contribution is 5.97. The van der Waals surface area contributed by atoms with Gasteiger partial charge in [0, 0.05) is 24.8 Å². The maximum Gasteiger partial charge on any atom is 0.255 e. The average molecular weight is 380 g/mol. The first-order valence-electron chi connectivity index (χ1n) is 9.30. The van der Waals surface area contributed by atoms with Crippen molar-refractivity contribution in [3.05, 3.63) is 59.7 Å². The first-order chi connectivity index (χ1) is 13.5. The minimum atomic E-state index is -0.707. The van der Waals surface area contributed by atoms with Crippen molar-refractivity contribution < 1.29 is 14.3 Å². The Morgan fingerprint density at radius 3 is 3.00 bits per heavy atom. The fourth-order valence-corrected chi connectivity index (χ4v) is 3.56. The van der Waals surface area contributed by atoms with Crippen molar-refractivity contribution in [2.24, 2.45) is 0 Å². The summed E-state index contributed by atoms with van der Waals surface area (Å²) in [5.41, 5.74) is 1.67. The molecule has 0 aliphatic carbocycles. The monoisotopic (exact) mass is 380 g/mol. The molecule has 0 unspecified atom stereocenters. The summed E-state index contributed by atoms with van der Waals surface area (Å²) in [7, 11) is 1.63. The van der Waals surface area contributed by atoms with Crippen LogP contribution >= 0.6 is 0 Å². The molecule has 28 heavy (non-hydrogen) atoms. The first kappa shape index (κ1) is 18.3. The molecule has 0 atom stereocenters. The van der Waals surface area contributed by atoms with Crippen LogP contribution in [0.5, 0.6) is 11.5 Å². The van der Waals surface area contributed by atoms with E-state index in [1.54, 1.807) is 19.4 Å². The van der Waals surface area contributed by atoms with E-state index >= 15 is 0 Å². The van der Waals surface area contributed by atoms with E-state index in [0.29, 0.717) is 24.5 Å². The van der Waals surface area contributed by atoms with Gasteiger partial charge in [0.15, 0.2) is 0 Å². The summed E-state index contributed by atoms with van der Waals surface area (Å²) in [5.74, 6) is 1.91. The van der Waals surface area contributed by atoms with Gasteiger partial charge >= 0.3 is 0 Å². The number of benzene rings is 1. The van der Waals surface area contributed by atoms with Crippen molar-refractivity contribution in [3.63, 3.8) is 0 Å². The molecule has 0 spiro atoms. The molecule has 7 nitrogen and oxygen atoms in total. The molecule has 0 saturated heterocycles. The quantitative estimate of drug-likeness (QED) is 0.727. The molecule has 1 amide bonds. The van der Waals surface area contributed by atoms with Gasteiger partial charge in [-0.2, -0.15) is 0 Å². The number of nitrogens with one attached hydrogen (secondary N) is 2. The summed E-state index contributed by atoms with van der Waals surface area (Å²) in [6, 6.07) is 9.43. The number of amides is 1. The predicted molar refractivity (Wildman–Crippen MR) is 106 cm³/mol. The van der Waals surface area contributed by atoms with Gasteiger partial charge in [-0.15, -0.1) is 0 Å². The molecule has 3 heterocycles. The van der Waals surface area contributed by atoms with Gasteiger partial charge in [-0.05, 0) is 32.0 Å². The summed E-state index contributed by atoms with van der Waals surface area (Å²) < 4.78 is 13.2. The largest absolute Gasteiger partial charge is 0.494 e. The highest BCUT2D eigenvalue weighted by Crippen LogP contribution is 2.29. The third-order valence-electron chi connectivity index (χ3n) is 4.92. The number of hydrogen-bond donors (Lipinski definition) is 2. The SMILES string of the molecule is COc1cccn2c(C(C)(C)NC(=O)c3cccc4c3OCCNC4)ncc12. The van der Waals surface area contributed by atoms with Gasteiger partial charge in [0.05, 0.1) is 24.4 Å². The molecular formula is C21H24N4O3. The Balaban J connectivity index is 1.67. The summed E-state index contributed by atoms with van der Waals surface area (Å²) >= 11 is 0. The lowest BCUT2D eigenvalue weighted by atomic mass is 10.0. The van der Waals surface area contributed by atoms with Crippen LogP contribution in [0.25, 0.3) is 5.52 Å². The Morgan fingerprint density at radius 1 is 1.32 bits per heavy atom. The van der Waals surface area contributed by atoms with Crippen LogP contribution in [-0.4, -0.2) is 35.6 Å². The third kappa shape index (κ3) is 3.18. The molecule has 146 valence electrons. The number of carbonyl (C=O) groups excluding carboxylic acids is 1. The van der Waals surface area contributed by atoms with E-state index in [1.165, 1.54) is 0 Å². The number of rotatable bonds is 4. The van der Waals surface area contributed by atoms with E-state index in [-0.39, 0.29) is 5.91 Å². The molecule has 1 aromatic carbocycles. The molecule has 2 aromatic heterocycles. The molecule has 0 saturated carbocycles. The summed E-state index contributed by atoms with van der Waals surface area (Å²) in [6.45, 7) is 5.84. The lowest BCUT2D eigenvalue weighted by Gasteiger charge is -2.26. The minimum absolute atomic E-state index is 0.191. The lowest BCUT2D eigenvalue weighted by molar-refractivity contribution is 0.0904. The Kier molecular flexibility index (Phi) is 4.68. The number of para-hydroxylation sites is 1. The fourth-order valence-electron chi connectivity index (χ4n) is 3.56. The predicted octanol–water partition coefficient (Wildman–Crippen LogP) is 2.49. The third-order valence-corrected chi connectivity index (χ3v) is 4.92. The lowest BCUT2D eigenvalue weighted by Crippen LogP contribution is -2.42. The normalized spacial score (nSPS) is 14.1. The number of aromatic nitrogens is 2. The van der Waals surface area contributed by atoms with Gasteiger partial charge in [0.2, 0.25) is 0 Å². The van der Waals surface area contributed by atoms with Crippen LogP contribution in [0.4, 0.5) is 0 Å². The Morgan fingerprint density at radius 2 is 2.18 bits per heavy atom. The standard InChI is InChI=1S/C21H24N4O3/c1-21(2,20-23-13-16-17(27-3)8-5-10-25(16)20)24-19(26)15-7-4-6-14-12-22-9-11-28-18(14)15/h4-8,10,13,22H,9,11-12H2,1-3H3,(H,24,26). The second-order valence-corrected chi connectivity index (χ2v) is 7.31. The first-order valence-corrected chi connectivity index (χ1v) is 9.30. The Hall–Kier alpha value is -3.06. The van der Waals surface area contributed by atoms with Gasteiger partial charge in [-0.3, -0.25) is 9.20 Å². The molecule has 3 aromatic rings. The number of methoxy groups -OCH3 is 1. The van der Waals surface area contributed by atoms with Gasteiger partial charge < -0.3 is 20.1 Å². The van der Waals surface area contributed by atoms with Crippen molar-refractivity contribution in [1.82, 2.24) is 20.0 Å². The number of hydrogen-bond acceptors (Lipinski definition) is 5. The van der Waals surface area contributed by atoms with Crippen molar-refractivity contribution >= 4 is 11.4 Å². The van der Waals surface area contributed by atoms with E-state index in [0.717, 1.165) is 29.2 Å². The van der Waals surface area contributed by atoms with Crippen LogP contribution in [0, 0.1) is 0 Å². The van der Waals surface area contributed by atoms with Gasteiger partial charge in [-0.1, -0.05) is 12.1 Å². The molecular weight excluding hydrogens is 356 g/mol. The highest BCUT2D eigenvalue weighted by Gasteiger charge is 2.30. The zero-order valence-electron chi connectivity index (χ0n) is 16.3. The van der Waals surface area contributed by atoms with E-state index in [9.17, 15) is 4.79 Å². The number of nitrogens with zero attached hydrogens (tertiary/aromatic N) is 2. The minimum Gasteiger partial charge on any atom is -0.494 e. The van der Waals surface area contributed by atoms with Crippen LogP contribution in [0.3, 0.4) is 0 Å². The second-order valence-electron chi connectivity index (χ2n) is 7.31. The number of ether oxygens (including phenoxy) is 2. The Labute approximate surface area is 163 Å². The summed E-state index contributed by atoms with van der Waals surface area (Å²) in [5, 5.41) is 6.40. The zero-order valence-corrected chi connectivity index (χ0v) is 16.3. The number of carbonyl (C=O) groups is 1. The highest BCUT2D eigenvalue weighted by atomic mass is 16.5. The van der Waals surface area contributed by atoms with Gasteiger partial charge in [-0.25, -0.2) is 4.98 Å². The van der Waals surface area contributed by atoms with E-state index in [4.69, 9.17) is 9.47 Å². The molecule has 1 aliphatic heterocycles. The van der Waals surface area contributed by atoms with Crippen LogP contribution in [0.2, 0.25) is 0 Å². The van der Waals surface area contributed by atoms with Crippen molar-refractivity contribution in [1.29, 1.82) is 0 Å². The van der Waals surface area contributed by atoms with Crippen molar-refractivity contribution in [3.8, 4) is 11.5 Å². The molecule has 1 aliphatic rings. The zero-order chi connectivity index (χ0) is 19.7. The fraction of sp³-hybridized carbons (Fsp3) is 0.333. The number of fused-ring (bicyclic) bond motifs is 2. The number of imidazole rings is 1. The van der Waals surface area contributed by atoms with E-state index in [2.05, 4.69) is 15.6 Å². The van der Waals surface area contributed by atoms with Crippen molar-refractivity contribution in [2.45, 2.75) is 25.9 Å². The summed E-state index contributed by atoms with van der Waals surface area (Å²) in [6.07, 6.45) is 3.67.